The maximum atomic E-state index is 6.64. The summed E-state index contributed by atoms with van der Waals surface area (Å²) in [6, 6.07) is 7.97. The molecule has 3 aliphatic heterocycles. The normalized spacial score (nSPS) is 31.0. The van der Waals surface area contributed by atoms with Crippen LogP contribution in [0.1, 0.15) is 25.3 Å². The van der Waals surface area contributed by atoms with E-state index in [1.165, 1.54) is 0 Å². The van der Waals surface area contributed by atoms with Crippen LogP contribution in [0.25, 0.3) is 0 Å². The third-order valence-corrected chi connectivity index (χ3v) is 5.30. The van der Waals surface area contributed by atoms with Crippen molar-refractivity contribution in [3.63, 3.8) is 0 Å². The second-order valence-corrected chi connectivity index (χ2v) is 6.86. The number of ether oxygens (including phenoxy) is 5. The maximum absolute atomic E-state index is 6.64. The molecule has 1 aromatic carbocycles. The fraction of sp³-hybridized carbons (Fsp3) is 0.524. The van der Waals surface area contributed by atoms with Crippen molar-refractivity contribution < 1.29 is 23.7 Å². The first-order valence-electron chi connectivity index (χ1n) is 9.34. The molecule has 0 saturated carbocycles. The largest absolute Gasteiger partial charge is 0.457 e. The molecule has 26 heavy (non-hydrogen) atoms. The summed E-state index contributed by atoms with van der Waals surface area (Å²) in [5.74, 6) is 1.08. The number of rotatable bonds is 5. The Morgan fingerprint density at radius 3 is 2.92 bits per heavy atom. The first-order valence-corrected chi connectivity index (χ1v) is 9.34. The van der Waals surface area contributed by atoms with Crippen LogP contribution in [-0.4, -0.2) is 39.6 Å². The zero-order chi connectivity index (χ0) is 18.0. The molecule has 2 saturated heterocycles. The van der Waals surface area contributed by atoms with Crippen molar-refractivity contribution in [3.05, 3.63) is 53.3 Å². The van der Waals surface area contributed by atoms with E-state index in [-0.39, 0.29) is 6.10 Å². The van der Waals surface area contributed by atoms with Gasteiger partial charge in [-0.1, -0.05) is 25.1 Å². The van der Waals surface area contributed by atoms with E-state index in [1.54, 1.807) is 7.11 Å². The molecule has 5 nitrogen and oxygen atoms in total. The predicted octanol–water partition coefficient (Wildman–Crippen LogP) is 3.55. The van der Waals surface area contributed by atoms with E-state index in [4.69, 9.17) is 23.7 Å². The summed E-state index contributed by atoms with van der Waals surface area (Å²) in [4.78, 5) is 0. The topological polar surface area (TPSA) is 46.2 Å². The fourth-order valence-electron chi connectivity index (χ4n) is 3.98. The number of hydrogen-bond donors (Lipinski definition) is 0. The van der Waals surface area contributed by atoms with Gasteiger partial charge in [-0.3, -0.25) is 0 Å². The lowest BCUT2D eigenvalue weighted by Gasteiger charge is -2.37. The molecule has 0 radical (unpaired) electrons. The van der Waals surface area contributed by atoms with E-state index < -0.39 is 5.79 Å². The third-order valence-electron chi connectivity index (χ3n) is 5.30. The molecule has 2 fully saturated rings. The summed E-state index contributed by atoms with van der Waals surface area (Å²) in [5, 5.41) is 0. The van der Waals surface area contributed by atoms with Crippen LogP contribution in [0, 0.1) is 5.92 Å². The van der Waals surface area contributed by atoms with Gasteiger partial charge in [-0.2, -0.15) is 0 Å². The number of benzene rings is 1. The smallest absolute Gasteiger partial charge is 0.226 e. The molecule has 5 heteroatoms. The highest BCUT2D eigenvalue weighted by Crippen LogP contribution is 2.51. The molecular formula is C21H26O5. The highest BCUT2D eigenvalue weighted by molar-refractivity contribution is 5.49. The van der Waals surface area contributed by atoms with Gasteiger partial charge in [-0.05, 0) is 31.1 Å². The summed E-state index contributed by atoms with van der Waals surface area (Å²) in [6.45, 7) is 4.76. The number of methoxy groups -OCH3 is 1. The zero-order valence-electron chi connectivity index (χ0n) is 15.4. The highest BCUT2D eigenvalue weighted by atomic mass is 16.7. The standard InChI is InChI=1S/C21H26O5/c1-3-16-18(9-6-11-22-2)25-19-8-5-4-7-17(19)21(16)24-14-20(26-21)15-10-12-23-13-15/h4-9,15,20H,3,10-14H2,1-2H3/b9-6-. The highest BCUT2D eigenvalue weighted by Gasteiger charge is 2.52. The maximum Gasteiger partial charge on any atom is 0.226 e. The molecule has 0 aliphatic carbocycles. The first kappa shape index (κ1) is 17.7. The van der Waals surface area contributed by atoms with Gasteiger partial charge in [-0.15, -0.1) is 0 Å². The minimum atomic E-state index is -0.871. The molecule has 3 aliphatic rings. The number of allylic oxidation sites excluding steroid dienone is 1. The summed E-state index contributed by atoms with van der Waals surface area (Å²) in [6.07, 6.45) is 5.74. The van der Waals surface area contributed by atoms with Crippen molar-refractivity contribution >= 4 is 0 Å². The van der Waals surface area contributed by atoms with E-state index >= 15 is 0 Å². The lowest BCUT2D eigenvalue weighted by Crippen LogP contribution is -2.36. The molecular weight excluding hydrogens is 332 g/mol. The molecule has 3 heterocycles. The van der Waals surface area contributed by atoms with E-state index in [2.05, 4.69) is 6.92 Å². The van der Waals surface area contributed by atoms with Gasteiger partial charge in [0.2, 0.25) is 5.79 Å². The fourth-order valence-corrected chi connectivity index (χ4v) is 3.98. The van der Waals surface area contributed by atoms with Crippen molar-refractivity contribution in [2.75, 3.05) is 33.5 Å². The third kappa shape index (κ3) is 2.99. The van der Waals surface area contributed by atoms with Crippen LogP contribution in [0.4, 0.5) is 0 Å². The SMILES string of the molecule is CCC1=C(/C=C\COC)Oc2ccccc2C12OCC(C1CCOC1)O2. The number of fused-ring (bicyclic) bond motifs is 2. The molecule has 1 aromatic rings. The molecule has 1 spiro atoms. The molecule has 0 aromatic heterocycles. The molecule has 140 valence electrons. The van der Waals surface area contributed by atoms with Crippen LogP contribution in [0.2, 0.25) is 0 Å². The number of hydrogen-bond acceptors (Lipinski definition) is 5. The van der Waals surface area contributed by atoms with Gasteiger partial charge in [-0.25, -0.2) is 0 Å². The Morgan fingerprint density at radius 2 is 2.15 bits per heavy atom. The van der Waals surface area contributed by atoms with Crippen LogP contribution in [0.15, 0.2) is 47.7 Å². The predicted molar refractivity (Wildman–Crippen MR) is 96.8 cm³/mol. The Kier molecular flexibility index (Phi) is 5.14. The van der Waals surface area contributed by atoms with Crippen LogP contribution < -0.4 is 4.74 Å². The zero-order valence-corrected chi connectivity index (χ0v) is 15.4. The Hall–Kier alpha value is -1.66. The van der Waals surface area contributed by atoms with Crippen LogP contribution >= 0.6 is 0 Å². The van der Waals surface area contributed by atoms with Crippen LogP contribution in [0.5, 0.6) is 5.75 Å². The monoisotopic (exact) mass is 358 g/mol. The minimum Gasteiger partial charge on any atom is -0.457 e. The second kappa shape index (κ2) is 7.53. The summed E-state index contributed by atoms with van der Waals surface area (Å²) in [5.41, 5.74) is 1.96. The van der Waals surface area contributed by atoms with Gasteiger partial charge in [0.15, 0.2) is 0 Å². The molecule has 0 amide bonds. The first-order chi connectivity index (χ1) is 12.8. The van der Waals surface area contributed by atoms with Gasteiger partial charge >= 0.3 is 0 Å². The summed E-state index contributed by atoms with van der Waals surface area (Å²) < 4.78 is 29.9. The van der Waals surface area contributed by atoms with Crippen molar-refractivity contribution in [1.82, 2.24) is 0 Å². The van der Waals surface area contributed by atoms with Gasteiger partial charge in [0.25, 0.3) is 0 Å². The Labute approximate surface area is 154 Å². The average molecular weight is 358 g/mol. The van der Waals surface area contributed by atoms with Crippen LogP contribution in [0.3, 0.4) is 0 Å². The minimum absolute atomic E-state index is 0.0365. The molecule has 4 rings (SSSR count). The average Bonchev–Trinajstić information content (AvgIpc) is 3.33. The van der Waals surface area contributed by atoms with Gasteiger partial charge in [0.05, 0.1) is 31.5 Å². The Balaban J connectivity index is 1.74. The lowest BCUT2D eigenvalue weighted by molar-refractivity contribution is -0.158. The van der Waals surface area contributed by atoms with E-state index in [0.717, 1.165) is 48.7 Å². The van der Waals surface area contributed by atoms with E-state index in [0.29, 0.717) is 19.1 Å². The summed E-state index contributed by atoms with van der Waals surface area (Å²) >= 11 is 0. The number of para-hydroxylation sites is 1. The molecule has 0 bridgehead atoms. The molecule has 3 unspecified atom stereocenters. The Bertz CT molecular complexity index is 704. The van der Waals surface area contributed by atoms with Gasteiger partial charge < -0.3 is 23.7 Å². The van der Waals surface area contributed by atoms with Gasteiger partial charge in [0, 0.05) is 25.2 Å². The lowest BCUT2D eigenvalue weighted by atomic mass is 9.90. The van der Waals surface area contributed by atoms with Crippen molar-refractivity contribution in [2.24, 2.45) is 5.92 Å². The van der Waals surface area contributed by atoms with Crippen molar-refractivity contribution in [3.8, 4) is 5.75 Å². The van der Waals surface area contributed by atoms with E-state index in [9.17, 15) is 0 Å². The van der Waals surface area contributed by atoms with E-state index in [1.807, 2.05) is 36.4 Å². The Morgan fingerprint density at radius 1 is 1.27 bits per heavy atom. The van der Waals surface area contributed by atoms with Gasteiger partial charge in [0.1, 0.15) is 11.5 Å². The molecule has 3 atom stereocenters. The van der Waals surface area contributed by atoms with Crippen molar-refractivity contribution in [2.45, 2.75) is 31.7 Å². The quantitative estimate of drug-likeness (QED) is 0.805. The summed E-state index contributed by atoms with van der Waals surface area (Å²) in [7, 11) is 1.68. The van der Waals surface area contributed by atoms with Crippen molar-refractivity contribution in [1.29, 1.82) is 0 Å². The second-order valence-electron chi connectivity index (χ2n) is 6.86. The molecule has 0 N–H and O–H groups in total. The van der Waals surface area contributed by atoms with Crippen LogP contribution in [-0.2, 0) is 24.7 Å².